The maximum absolute atomic E-state index is 12.1. The first kappa shape index (κ1) is 9.71. The van der Waals surface area contributed by atoms with E-state index in [-0.39, 0.29) is 29.9 Å². The molecule has 16 heavy (non-hydrogen) atoms. The summed E-state index contributed by atoms with van der Waals surface area (Å²) in [6, 6.07) is 0.277. The first-order chi connectivity index (χ1) is 7.75. The van der Waals surface area contributed by atoms with Crippen molar-refractivity contribution in [2.45, 2.75) is 43.9 Å². The van der Waals surface area contributed by atoms with Crippen molar-refractivity contribution in [1.82, 2.24) is 25.5 Å². The van der Waals surface area contributed by atoms with E-state index in [0.29, 0.717) is 12.8 Å². The smallest absolute Gasteiger partial charge is 0.295 e. The highest BCUT2D eigenvalue weighted by Crippen LogP contribution is 2.36. The molecule has 3 heterocycles. The molecule has 86 valence electrons. The van der Waals surface area contributed by atoms with Crippen LogP contribution in [0.3, 0.4) is 0 Å². The second-order valence-corrected chi connectivity index (χ2v) is 4.46. The third-order valence-corrected chi connectivity index (χ3v) is 3.48. The summed E-state index contributed by atoms with van der Waals surface area (Å²) in [6.45, 7) is 0. The zero-order valence-electron chi connectivity index (χ0n) is 8.70. The van der Waals surface area contributed by atoms with Crippen LogP contribution < -0.4 is 0 Å². The van der Waals surface area contributed by atoms with Gasteiger partial charge < -0.3 is 10.0 Å². The molecule has 7 heteroatoms. The van der Waals surface area contributed by atoms with Crippen molar-refractivity contribution in [1.29, 1.82) is 0 Å². The van der Waals surface area contributed by atoms with Crippen molar-refractivity contribution in [3.8, 4) is 0 Å². The van der Waals surface area contributed by atoms with E-state index in [0.717, 1.165) is 12.8 Å². The van der Waals surface area contributed by atoms with Gasteiger partial charge in [-0.1, -0.05) is 0 Å². The molecule has 1 amide bonds. The van der Waals surface area contributed by atoms with Gasteiger partial charge in [0.05, 0.1) is 6.10 Å². The quantitative estimate of drug-likeness (QED) is 0.658. The number of hydrogen-bond donors (Lipinski definition) is 2. The number of aliphatic hydroxyl groups excluding tert-OH is 1. The molecule has 2 aliphatic heterocycles. The van der Waals surface area contributed by atoms with Gasteiger partial charge in [-0.25, -0.2) is 0 Å². The number of nitrogens with zero attached hydrogens (tertiary/aromatic N) is 4. The van der Waals surface area contributed by atoms with Crippen molar-refractivity contribution in [2.75, 3.05) is 0 Å². The van der Waals surface area contributed by atoms with Gasteiger partial charge in [-0.2, -0.15) is 5.21 Å². The number of aromatic nitrogens is 4. The van der Waals surface area contributed by atoms with E-state index < -0.39 is 0 Å². The number of rotatable bonds is 1. The number of hydrogen-bond acceptors (Lipinski definition) is 5. The van der Waals surface area contributed by atoms with E-state index in [9.17, 15) is 9.90 Å². The molecule has 0 aromatic carbocycles. The number of H-pyrrole nitrogens is 1. The van der Waals surface area contributed by atoms with Crippen LogP contribution in [-0.4, -0.2) is 54.7 Å². The Kier molecular flexibility index (Phi) is 2.13. The number of carbonyl (C=O) groups is 1. The molecule has 2 bridgehead atoms. The number of aromatic amines is 1. The summed E-state index contributed by atoms with van der Waals surface area (Å²) in [5, 5.41) is 22.7. The molecule has 1 aromatic heterocycles. The molecule has 2 saturated heterocycles. The largest absolute Gasteiger partial charge is 0.393 e. The second-order valence-electron chi connectivity index (χ2n) is 4.46. The summed E-state index contributed by atoms with van der Waals surface area (Å²) in [7, 11) is 0. The zero-order chi connectivity index (χ0) is 11.1. The highest BCUT2D eigenvalue weighted by Gasteiger charge is 2.43. The second kappa shape index (κ2) is 3.51. The van der Waals surface area contributed by atoms with Crippen molar-refractivity contribution < 1.29 is 9.90 Å². The maximum Gasteiger partial charge on any atom is 0.295 e. The molecule has 2 fully saturated rings. The summed E-state index contributed by atoms with van der Waals surface area (Å²) in [6.07, 6.45) is 2.99. The van der Waals surface area contributed by atoms with Gasteiger partial charge >= 0.3 is 0 Å². The Hall–Kier alpha value is -1.50. The van der Waals surface area contributed by atoms with Gasteiger partial charge in [0.25, 0.3) is 11.7 Å². The topological polar surface area (TPSA) is 95.0 Å². The number of tetrazole rings is 1. The molecule has 2 atom stereocenters. The molecule has 2 aliphatic rings. The molecule has 0 radical (unpaired) electrons. The number of aliphatic hydroxyl groups is 1. The third kappa shape index (κ3) is 1.39. The fourth-order valence-corrected chi connectivity index (χ4v) is 2.85. The van der Waals surface area contributed by atoms with Crippen LogP contribution in [0.1, 0.15) is 36.3 Å². The third-order valence-electron chi connectivity index (χ3n) is 3.48. The van der Waals surface area contributed by atoms with Crippen LogP contribution in [-0.2, 0) is 0 Å². The zero-order valence-corrected chi connectivity index (χ0v) is 8.70. The number of fused-ring (bicyclic) bond motifs is 2. The molecule has 2 N–H and O–H groups in total. The summed E-state index contributed by atoms with van der Waals surface area (Å²) >= 11 is 0. The van der Waals surface area contributed by atoms with Crippen LogP contribution in [0.4, 0.5) is 0 Å². The molecule has 7 nitrogen and oxygen atoms in total. The lowest BCUT2D eigenvalue weighted by Crippen LogP contribution is -2.48. The van der Waals surface area contributed by atoms with Gasteiger partial charge in [0.2, 0.25) is 0 Å². The number of nitrogens with one attached hydrogen (secondary N) is 1. The minimum absolute atomic E-state index is 0.119. The molecule has 0 spiro atoms. The van der Waals surface area contributed by atoms with Gasteiger partial charge in [0, 0.05) is 12.1 Å². The van der Waals surface area contributed by atoms with E-state index in [4.69, 9.17) is 0 Å². The van der Waals surface area contributed by atoms with Gasteiger partial charge in [-0.3, -0.25) is 4.79 Å². The minimum Gasteiger partial charge on any atom is -0.393 e. The average Bonchev–Trinajstić information content (AvgIpc) is 2.85. The average molecular weight is 223 g/mol. The molecule has 0 aliphatic carbocycles. The Labute approximate surface area is 91.8 Å². The first-order valence-electron chi connectivity index (χ1n) is 5.50. The van der Waals surface area contributed by atoms with Crippen LogP contribution in [0.5, 0.6) is 0 Å². The van der Waals surface area contributed by atoms with Gasteiger partial charge in [0.1, 0.15) is 0 Å². The van der Waals surface area contributed by atoms with E-state index >= 15 is 0 Å². The Morgan fingerprint density at radius 3 is 2.62 bits per heavy atom. The Morgan fingerprint density at radius 1 is 1.38 bits per heavy atom. The Bertz CT molecular complexity index is 379. The number of amides is 1. The van der Waals surface area contributed by atoms with Gasteiger partial charge in [0.15, 0.2) is 0 Å². The summed E-state index contributed by atoms with van der Waals surface area (Å²) in [4.78, 5) is 13.9. The molecular weight excluding hydrogens is 210 g/mol. The molecule has 0 saturated carbocycles. The fraction of sp³-hybridized carbons (Fsp3) is 0.778. The van der Waals surface area contributed by atoms with E-state index in [1.807, 2.05) is 4.90 Å². The summed E-state index contributed by atoms with van der Waals surface area (Å²) < 4.78 is 0. The lowest BCUT2D eigenvalue weighted by Gasteiger charge is -2.36. The minimum atomic E-state index is -0.271. The lowest BCUT2D eigenvalue weighted by atomic mass is 10.00. The van der Waals surface area contributed by atoms with Crippen molar-refractivity contribution in [3.05, 3.63) is 5.82 Å². The van der Waals surface area contributed by atoms with E-state index in [1.54, 1.807) is 0 Å². The Balaban J connectivity index is 1.84. The first-order valence-corrected chi connectivity index (χ1v) is 5.50. The van der Waals surface area contributed by atoms with E-state index in [2.05, 4.69) is 20.6 Å². The molecule has 3 rings (SSSR count). The number of carbonyl (C=O) groups excluding carboxylic acids is 1. The van der Waals surface area contributed by atoms with Crippen LogP contribution in [0.25, 0.3) is 0 Å². The summed E-state index contributed by atoms with van der Waals surface area (Å²) in [5.74, 6) is -0.0542. The number of piperidine rings is 1. The SMILES string of the molecule is O=C(c1nn[nH]n1)N1C2CCC1CC(O)C2. The normalized spacial score (nSPS) is 33.1. The van der Waals surface area contributed by atoms with Crippen molar-refractivity contribution in [3.63, 3.8) is 0 Å². The standard InChI is InChI=1S/C9H13N5O2/c15-7-3-5-1-2-6(4-7)14(5)9(16)8-10-12-13-11-8/h5-7,15H,1-4H2,(H,10,11,12,13). The van der Waals surface area contributed by atoms with E-state index in [1.165, 1.54) is 0 Å². The van der Waals surface area contributed by atoms with Crippen molar-refractivity contribution >= 4 is 5.91 Å². The predicted octanol–water partition coefficient (Wildman–Crippen LogP) is -0.672. The van der Waals surface area contributed by atoms with Crippen LogP contribution >= 0.6 is 0 Å². The van der Waals surface area contributed by atoms with Crippen LogP contribution in [0, 0.1) is 0 Å². The maximum atomic E-state index is 12.1. The summed E-state index contributed by atoms with van der Waals surface area (Å²) in [5.41, 5.74) is 0. The van der Waals surface area contributed by atoms with Crippen molar-refractivity contribution in [2.24, 2.45) is 0 Å². The molecular formula is C9H13N5O2. The predicted molar refractivity (Wildman–Crippen MR) is 52.4 cm³/mol. The molecule has 1 aromatic rings. The lowest BCUT2D eigenvalue weighted by molar-refractivity contribution is 0.0278. The van der Waals surface area contributed by atoms with Gasteiger partial charge in [-0.15, -0.1) is 10.2 Å². The molecule has 2 unspecified atom stereocenters. The monoisotopic (exact) mass is 223 g/mol. The van der Waals surface area contributed by atoms with Crippen LogP contribution in [0.15, 0.2) is 0 Å². The highest BCUT2D eigenvalue weighted by atomic mass is 16.3. The Morgan fingerprint density at radius 2 is 2.06 bits per heavy atom. The van der Waals surface area contributed by atoms with Crippen LogP contribution in [0.2, 0.25) is 0 Å². The fourth-order valence-electron chi connectivity index (χ4n) is 2.85. The highest BCUT2D eigenvalue weighted by molar-refractivity contribution is 5.91. The van der Waals surface area contributed by atoms with Gasteiger partial charge in [-0.05, 0) is 30.9 Å².